The Morgan fingerprint density at radius 2 is 2.24 bits per heavy atom. The van der Waals surface area contributed by atoms with Crippen molar-refractivity contribution in [1.82, 2.24) is 4.98 Å². The standard InChI is InChI=1S/C10H9N3O3S/c1-6-8(4-5-16-6)17-10-7(13(14)15)2-3-9(11)12-10/h2-5H,1H3,(H2,11,12). The number of aryl methyl sites for hydroxylation is 1. The van der Waals surface area contributed by atoms with E-state index in [9.17, 15) is 10.1 Å². The van der Waals surface area contributed by atoms with Gasteiger partial charge < -0.3 is 10.2 Å². The number of furan rings is 1. The first-order valence-electron chi connectivity index (χ1n) is 4.71. The average Bonchev–Trinajstić information content (AvgIpc) is 2.64. The molecular formula is C10H9N3O3S. The van der Waals surface area contributed by atoms with Crippen molar-refractivity contribution >= 4 is 23.3 Å². The van der Waals surface area contributed by atoms with Crippen LogP contribution in [0.5, 0.6) is 0 Å². The zero-order valence-corrected chi connectivity index (χ0v) is 9.73. The van der Waals surface area contributed by atoms with E-state index in [0.29, 0.717) is 5.76 Å². The number of pyridine rings is 1. The van der Waals surface area contributed by atoms with Crippen molar-refractivity contribution in [2.24, 2.45) is 0 Å². The second-order valence-electron chi connectivity index (χ2n) is 3.26. The van der Waals surface area contributed by atoms with Gasteiger partial charge in [-0.15, -0.1) is 0 Å². The van der Waals surface area contributed by atoms with Gasteiger partial charge in [-0.05, 0) is 19.1 Å². The zero-order valence-electron chi connectivity index (χ0n) is 8.91. The van der Waals surface area contributed by atoms with Gasteiger partial charge in [-0.1, -0.05) is 11.8 Å². The lowest BCUT2D eigenvalue weighted by Gasteiger charge is -2.01. The fourth-order valence-corrected chi connectivity index (χ4v) is 2.17. The first-order chi connectivity index (χ1) is 8.08. The summed E-state index contributed by atoms with van der Waals surface area (Å²) < 4.78 is 5.12. The molecule has 0 aliphatic heterocycles. The van der Waals surface area contributed by atoms with Crippen LogP contribution in [0.25, 0.3) is 0 Å². The van der Waals surface area contributed by atoms with E-state index in [4.69, 9.17) is 10.2 Å². The number of nitrogens with two attached hydrogens (primary N) is 1. The summed E-state index contributed by atoms with van der Waals surface area (Å²) in [6.45, 7) is 1.78. The molecular weight excluding hydrogens is 242 g/mol. The fraction of sp³-hybridized carbons (Fsp3) is 0.100. The number of rotatable bonds is 3. The van der Waals surface area contributed by atoms with Gasteiger partial charge in [-0.2, -0.15) is 0 Å². The largest absolute Gasteiger partial charge is 0.468 e. The fourth-order valence-electron chi connectivity index (χ4n) is 1.24. The van der Waals surface area contributed by atoms with Crippen LogP contribution in [-0.2, 0) is 0 Å². The summed E-state index contributed by atoms with van der Waals surface area (Å²) in [6, 6.07) is 4.49. The number of nitro groups is 1. The van der Waals surface area contributed by atoms with Crippen molar-refractivity contribution in [3.63, 3.8) is 0 Å². The molecule has 0 spiro atoms. The van der Waals surface area contributed by atoms with Gasteiger partial charge in [0.05, 0.1) is 16.1 Å². The summed E-state index contributed by atoms with van der Waals surface area (Å²) in [5.74, 6) is 0.938. The van der Waals surface area contributed by atoms with Gasteiger partial charge in [0.25, 0.3) is 0 Å². The van der Waals surface area contributed by atoms with Crippen LogP contribution in [-0.4, -0.2) is 9.91 Å². The molecule has 0 atom stereocenters. The summed E-state index contributed by atoms with van der Waals surface area (Å²) >= 11 is 1.16. The van der Waals surface area contributed by atoms with Gasteiger partial charge in [0, 0.05) is 6.07 Å². The summed E-state index contributed by atoms with van der Waals surface area (Å²) in [5.41, 5.74) is 5.46. The molecule has 7 heteroatoms. The van der Waals surface area contributed by atoms with Crippen LogP contribution in [0, 0.1) is 17.0 Å². The minimum absolute atomic E-state index is 0.0650. The Morgan fingerprint density at radius 1 is 1.47 bits per heavy atom. The second kappa shape index (κ2) is 4.46. The predicted octanol–water partition coefficient (Wildman–Crippen LogP) is 2.62. The first-order valence-corrected chi connectivity index (χ1v) is 5.52. The van der Waals surface area contributed by atoms with Gasteiger partial charge >= 0.3 is 5.69 Å². The van der Waals surface area contributed by atoms with Crippen LogP contribution in [0.15, 0.2) is 38.8 Å². The molecule has 0 aromatic carbocycles. The smallest absolute Gasteiger partial charge is 0.301 e. The maximum Gasteiger partial charge on any atom is 0.301 e. The van der Waals surface area contributed by atoms with Crippen molar-refractivity contribution in [2.75, 3.05) is 5.73 Å². The van der Waals surface area contributed by atoms with E-state index < -0.39 is 4.92 Å². The molecule has 2 rings (SSSR count). The molecule has 6 nitrogen and oxygen atoms in total. The van der Waals surface area contributed by atoms with Gasteiger partial charge in [0.2, 0.25) is 0 Å². The minimum Gasteiger partial charge on any atom is -0.468 e. The van der Waals surface area contributed by atoms with Crippen molar-refractivity contribution in [2.45, 2.75) is 16.8 Å². The predicted molar refractivity (Wildman–Crippen MR) is 62.9 cm³/mol. The molecule has 17 heavy (non-hydrogen) atoms. The molecule has 2 heterocycles. The van der Waals surface area contributed by atoms with Crippen molar-refractivity contribution in [3.05, 3.63) is 40.3 Å². The lowest BCUT2D eigenvalue weighted by atomic mass is 10.4. The highest BCUT2D eigenvalue weighted by Crippen LogP contribution is 2.35. The van der Waals surface area contributed by atoms with E-state index in [2.05, 4.69) is 4.98 Å². The first kappa shape index (κ1) is 11.5. The minimum atomic E-state index is -0.482. The molecule has 0 fully saturated rings. The van der Waals surface area contributed by atoms with Gasteiger partial charge in [-0.25, -0.2) is 4.98 Å². The molecule has 0 aliphatic rings. The SMILES string of the molecule is Cc1occc1Sc1nc(N)ccc1[N+](=O)[O-]. The molecule has 0 bridgehead atoms. The van der Waals surface area contributed by atoms with Crippen LogP contribution in [0.4, 0.5) is 11.5 Å². The van der Waals surface area contributed by atoms with Gasteiger partial charge in [0.15, 0.2) is 5.03 Å². The second-order valence-corrected chi connectivity index (χ2v) is 4.29. The van der Waals surface area contributed by atoms with Crippen LogP contribution in [0.3, 0.4) is 0 Å². The van der Waals surface area contributed by atoms with Gasteiger partial charge in [0.1, 0.15) is 11.6 Å². The van der Waals surface area contributed by atoms with Crippen molar-refractivity contribution in [1.29, 1.82) is 0 Å². The van der Waals surface area contributed by atoms with Gasteiger partial charge in [-0.3, -0.25) is 10.1 Å². The normalized spacial score (nSPS) is 10.4. The van der Waals surface area contributed by atoms with Crippen LogP contribution < -0.4 is 5.73 Å². The Hall–Kier alpha value is -2.02. The molecule has 88 valence electrons. The number of hydrogen-bond donors (Lipinski definition) is 1. The Balaban J connectivity index is 2.41. The summed E-state index contributed by atoms with van der Waals surface area (Å²) in [7, 11) is 0. The van der Waals surface area contributed by atoms with E-state index in [1.807, 2.05) is 0 Å². The van der Waals surface area contributed by atoms with Crippen LogP contribution in [0.1, 0.15) is 5.76 Å². The van der Waals surface area contributed by atoms with Crippen molar-refractivity contribution in [3.8, 4) is 0 Å². The molecule has 0 saturated heterocycles. The maximum absolute atomic E-state index is 10.8. The lowest BCUT2D eigenvalue weighted by molar-refractivity contribution is -0.388. The lowest BCUT2D eigenvalue weighted by Crippen LogP contribution is -1.97. The highest BCUT2D eigenvalue weighted by Gasteiger charge is 2.18. The van der Waals surface area contributed by atoms with E-state index in [0.717, 1.165) is 16.7 Å². The Labute approximate surface area is 101 Å². The van der Waals surface area contributed by atoms with Crippen LogP contribution >= 0.6 is 11.8 Å². The number of anilines is 1. The highest BCUT2D eigenvalue weighted by atomic mass is 32.2. The zero-order chi connectivity index (χ0) is 12.4. The summed E-state index contributed by atoms with van der Waals surface area (Å²) in [5, 5.41) is 11.1. The van der Waals surface area contributed by atoms with E-state index in [1.54, 1.807) is 13.0 Å². The summed E-state index contributed by atoms with van der Waals surface area (Å²) in [4.78, 5) is 15.1. The molecule has 0 amide bonds. The highest BCUT2D eigenvalue weighted by molar-refractivity contribution is 7.99. The molecule has 0 radical (unpaired) electrons. The topological polar surface area (TPSA) is 95.2 Å². The van der Waals surface area contributed by atoms with E-state index in [1.165, 1.54) is 18.4 Å². The number of hydrogen-bond acceptors (Lipinski definition) is 6. The number of aromatic nitrogens is 1. The third kappa shape index (κ3) is 2.39. The third-order valence-corrected chi connectivity index (χ3v) is 3.21. The molecule has 2 aromatic heterocycles. The molecule has 0 aliphatic carbocycles. The van der Waals surface area contributed by atoms with E-state index >= 15 is 0 Å². The monoisotopic (exact) mass is 251 g/mol. The summed E-state index contributed by atoms with van der Waals surface area (Å²) in [6.07, 6.45) is 1.52. The van der Waals surface area contributed by atoms with Crippen molar-refractivity contribution < 1.29 is 9.34 Å². The molecule has 2 aromatic rings. The number of nitrogens with zero attached hydrogens (tertiary/aromatic N) is 2. The maximum atomic E-state index is 10.8. The number of nitrogen functional groups attached to an aromatic ring is 1. The molecule has 0 saturated carbocycles. The van der Waals surface area contributed by atoms with Crippen LogP contribution in [0.2, 0.25) is 0 Å². The molecule has 2 N–H and O–H groups in total. The third-order valence-electron chi connectivity index (χ3n) is 2.08. The Kier molecular flexibility index (Phi) is 3.01. The van der Waals surface area contributed by atoms with E-state index in [-0.39, 0.29) is 16.5 Å². The molecule has 0 unspecified atom stereocenters. The average molecular weight is 251 g/mol. The Bertz CT molecular complexity index is 568. The Morgan fingerprint density at radius 3 is 2.82 bits per heavy atom. The quantitative estimate of drug-likeness (QED) is 0.665.